The summed E-state index contributed by atoms with van der Waals surface area (Å²) in [7, 11) is 0. The van der Waals surface area contributed by atoms with E-state index < -0.39 is 0 Å². The molecule has 2 aliphatic heterocycles. The van der Waals surface area contributed by atoms with Gasteiger partial charge in [-0.1, -0.05) is 0 Å². The van der Waals surface area contributed by atoms with Crippen LogP contribution in [0, 0.1) is 0 Å². The molecular weight excluding hydrogens is 224 g/mol. The molecule has 3 rings (SSSR count). The van der Waals surface area contributed by atoms with Gasteiger partial charge in [0.15, 0.2) is 0 Å². The van der Waals surface area contributed by atoms with Gasteiger partial charge in [0.1, 0.15) is 0 Å². The zero-order valence-corrected chi connectivity index (χ0v) is 11.6. The summed E-state index contributed by atoms with van der Waals surface area (Å²) in [6, 6.07) is 2.10. The summed E-state index contributed by atoms with van der Waals surface area (Å²) in [5, 5.41) is 0. The number of ether oxygens (including phenoxy) is 1. The molecule has 98 valence electrons. The van der Waals surface area contributed by atoms with Crippen molar-refractivity contribution in [1.82, 2.24) is 9.88 Å². The van der Waals surface area contributed by atoms with E-state index in [1.165, 1.54) is 11.1 Å². The number of hydrogen-bond donors (Lipinski definition) is 0. The van der Waals surface area contributed by atoms with Gasteiger partial charge in [-0.05, 0) is 45.2 Å². The van der Waals surface area contributed by atoms with E-state index in [-0.39, 0.29) is 11.1 Å². The number of likely N-dealkylation sites (tertiary alicyclic amines) is 1. The molecule has 3 heteroatoms. The number of rotatable bonds is 0. The van der Waals surface area contributed by atoms with Crippen molar-refractivity contribution in [2.45, 2.75) is 51.4 Å². The highest BCUT2D eigenvalue weighted by molar-refractivity contribution is 5.33. The van der Waals surface area contributed by atoms with Crippen LogP contribution in [0.5, 0.6) is 0 Å². The summed E-state index contributed by atoms with van der Waals surface area (Å²) >= 11 is 0. The van der Waals surface area contributed by atoms with Crippen molar-refractivity contribution in [3.8, 4) is 0 Å². The molecule has 0 atom stereocenters. The molecule has 0 unspecified atom stereocenters. The van der Waals surface area contributed by atoms with Crippen molar-refractivity contribution >= 4 is 0 Å². The van der Waals surface area contributed by atoms with Gasteiger partial charge in [-0.2, -0.15) is 0 Å². The maximum atomic E-state index is 6.15. The third-order valence-corrected chi connectivity index (χ3v) is 4.43. The lowest BCUT2D eigenvalue weighted by atomic mass is 9.83. The molecule has 3 heterocycles. The Morgan fingerprint density at radius 1 is 1.28 bits per heavy atom. The Bertz CT molecular complexity index is 442. The number of hydrogen-bond acceptors (Lipinski definition) is 3. The van der Waals surface area contributed by atoms with Crippen molar-refractivity contribution in [1.29, 1.82) is 0 Å². The van der Waals surface area contributed by atoms with E-state index in [0.29, 0.717) is 0 Å². The van der Waals surface area contributed by atoms with E-state index in [4.69, 9.17) is 4.74 Å². The van der Waals surface area contributed by atoms with Gasteiger partial charge in [0.05, 0.1) is 12.2 Å². The second-order valence-corrected chi connectivity index (χ2v) is 6.47. The van der Waals surface area contributed by atoms with Gasteiger partial charge in [0.2, 0.25) is 0 Å². The van der Waals surface area contributed by atoms with Crippen LogP contribution in [0.1, 0.15) is 44.7 Å². The number of pyridine rings is 1. The molecule has 1 aromatic heterocycles. The van der Waals surface area contributed by atoms with Gasteiger partial charge in [-0.15, -0.1) is 0 Å². The molecule has 0 radical (unpaired) electrons. The van der Waals surface area contributed by atoms with E-state index in [1.807, 2.05) is 12.4 Å². The fourth-order valence-electron chi connectivity index (χ4n) is 3.21. The Balaban J connectivity index is 1.81. The number of aromatic nitrogens is 1. The van der Waals surface area contributed by atoms with Gasteiger partial charge in [-0.25, -0.2) is 0 Å². The first-order chi connectivity index (χ1) is 8.51. The molecular formula is C15H22N2O. The fourth-order valence-corrected chi connectivity index (χ4v) is 3.21. The molecule has 18 heavy (non-hydrogen) atoms. The molecule has 2 aliphatic rings. The number of nitrogens with zero attached hydrogens (tertiary/aromatic N) is 2. The maximum Gasteiger partial charge on any atom is 0.0978 e. The summed E-state index contributed by atoms with van der Waals surface area (Å²) in [4.78, 5) is 6.83. The Morgan fingerprint density at radius 3 is 2.67 bits per heavy atom. The quantitative estimate of drug-likeness (QED) is 0.704. The normalized spacial score (nSPS) is 23.3. The molecule has 1 fully saturated rings. The first-order valence-electron chi connectivity index (χ1n) is 6.84. The Morgan fingerprint density at radius 2 is 2.00 bits per heavy atom. The average Bonchev–Trinajstić information content (AvgIpc) is 2.69. The van der Waals surface area contributed by atoms with E-state index >= 15 is 0 Å². The summed E-state index contributed by atoms with van der Waals surface area (Å²) in [5.41, 5.74) is 2.87. The summed E-state index contributed by atoms with van der Waals surface area (Å²) in [6.45, 7) is 9.84. The minimum atomic E-state index is -0.0503. The molecule has 3 nitrogen and oxygen atoms in total. The smallest absolute Gasteiger partial charge is 0.0978 e. The van der Waals surface area contributed by atoms with Gasteiger partial charge in [0.25, 0.3) is 0 Å². The van der Waals surface area contributed by atoms with E-state index in [2.05, 4.69) is 36.7 Å². The lowest BCUT2D eigenvalue weighted by Gasteiger charge is -2.44. The van der Waals surface area contributed by atoms with Crippen LogP contribution < -0.4 is 0 Å². The van der Waals surface area contributed by atoms with Gasteiger partial charge < -0.3 is 4.74 Å². The second kappa shape index (κ2) is 4.04. The third kappa shape index (κ3) is 1.86. The molecule has 1 spiro atoms. The lowest BCUT2D eigenvalue weighted by Crippen LogP contribution is -2.50. The first-order valence-corrected chi connectivity index (χ1v) is 6.84. The second-order valence-electron chi connectivity index (χ2n) is 6.47. The fraction of sp³-hybridized carbons (Fsp3) is 0.667. The first kappa shape index (κ1) is 12.1. The Kier molecular flexibility index (Phi) is 2.72. The van der Waals surface area contributed by atoms with Gasteiger partial charge >= 0.3 is 0 Å². The molecule has 0 amide bonds. The van der Waals surface area contributed by atoms with Crippen molar-refractivity contribution in [2.24, 2.45) is 0 Å². The molecule has 1 saturated heterocycles. The highest BCUT2D eigenvalue weighted by Crippen LogP contribution is 2.44. The zero-order chi connectivity index (χ0) is 12.8. The van der Waals surface area contributed by atoms with E-state index in [9.17, 15) is 0 Å². The number of piperidine rings is 1. The highest BCUT2D eigenvalue weighted by atomic mass is 16.5. The Labute approximate surface area is 109 Å². The topological polar surface area (TPSA) is 25.4 Å². The van der Waals surface area contributed by atoms with Crippen LogP contribution in [0.3, 0.4) is 0 Å². The maximum absolute atomic E-state index is 6.15. The third-order valence-electron chi connectivity index (χ3n) is 4.43. The van der Waals surface area contributed by atoms with Crippen molar-refractivity contribution < 1.29 is 4.74 Å². The molecule has 0 aromatic carbocycles. The van der Waals surface area contributed by atoms with Gasteiger partial charge in [-0.3, -0.25) is 9.88 Å². The van der Waals surface area contributed by atoms with Crippen LogP contribution in [0.2, 0.25) is 0 Å². The Hall–Kier alpha value is -0.930. The average molecular weight is 246 g/mol. The minimum Gasteiger partial charge on any atom is -0.365 e. The molecule has 1 aromatic rings. The van der Waals surface area contributed by atoms with Crippen LogP contribution in [0.15, 0.2) is 18.5 Å². The van der Waals surface area contributed by atoms with Crippen molar-refractivity contribution in [3.63, 3.8) is 0 Å². The summed E-state index contributed by atoms with van der Waals surface area (Å²) < 4.78 is 6.15. The van der Waals surface area contributed by atoms with Crippen LogP contribution in [0.25, 0.3) is 0 Å². The van der Waals surface area contributed by atoms with Crippen LogP contribution in [-0.2, 0) is 16.9 Å². The SMILES string of the molecule is CC(C)(C)N1CCC2(CC1)OCc1ccncc12. The molecule has 0 bridgehead atoms. The zero-order valence-electron chi connectivity index (χ0n) is 11.6. The van der Waals surface area contributed by atoms with Crippen LogP contribution in [0.4, 0.5) is 0 Å². The molecule has 0 aliphatic carbocycles. The predicted octanol–water partition coefficient (Wildman–Crippen LogP) is 2.70. The van der Waals surface area contributed by atoms with Crippen LogP contribution in [-0.4, -0.2) is 28.5 Å². The van der Waals surface area contributed by atoms with E-state index in [1.54, 1.807) is 0 Å². The van der Waals surface area contributed by atoms with Crippen LogP contribution >= 0.6 is 0 Å². The van der Waals surface area contributed by atoms with Gasteiger partial charge in [0, 0.05) is 36.6 Å². The van der Waals surface area contributed by atoms with Crippen molar-refractivity contribution in [3.05, 3.63) is 29.6 Å². The van der Waals surface area contributed by atoms with E-state index in [0.717, 1.165) is 32.5 Å². The standard InChI is InChI=1S/C15H22N2O/c1-14(2,3)17-8-5-15(6-9-17)13-10-16-7-4-12(13)11-18-15/h4,7,10H,5-6,8-9,11H2,1-3H3. The molecule has 0 saturated carbocycles. The number of fused-ring (bicyclic) bond motifs is 2. The monoisotopic (exact) mass is 246 g/mol. The van der Waals surface area contributed by atoms with Crippen molar-refractivity contribution in [2.75, 3.05) is 13.1 Å². The lowest BCUT2D eigenvalue weighted by molar-refractivity contribution is -0.0904. The minimum absolute atomic E-state index is 0.0503. The summed E-state index contributed by atoms with van der Waals surface area (Å²) in [6.07, 6.45) is 6.05. The summed E-state index contributed by atoms with van der Waals surface area (Å²) in [5.74, 6) is 0. The molecule has 0 N–H and O–H groups in total. The predicted molar refractivity (Wildman–Crippen MR) is 71.3 cm³/mol. The highest BCUT2D eigenvalue weighted by Gasteiger charge is 2.44. The largest absolute Gasteiger partial charge is 0.365 e.